The van der Waals surface area contributed by atoms with Crippen molar-refractivity contribution in [3.05, 3.63) is 34.9 Å². The summed E-state index contributed by atoms with van der Waals surface area (Å²) in [7, 11) is 1.72. The highest BCUT2D eigenvalue weighted by molar-refractivity contribution is 5.52. The number of phenols is 1. The lowest BCUT2D eigenvalue weighted by Crippen LogP contribution is -2.18. The lowest BCUT2D eigenvalue weighted by atomic mass is 9.78. The summed E-state index contributed by atoms with van der Waals surface area (Å²) in [4.78, 5) is 0. The van der Waals surface area contributed by atoms with E-state index in [0.717, 1.165) is 24.2 Å². The number of unbranched alkanes of at least 4 members (excludes halogenated alkanes) is 3. The highest BCUT2D eigenvalue weighted by atomic mass is 16.5. The Balaban J connectivity index is 2.27. The van der Waals surface area contributed by atoms with Gasteiger partial charge in [-0.05, 0) is 55.7 Å². The van der Waals surface area contributed by atoms with Crippen LogP contribution in [0, 0.1) is 0 Å². The SMILES string of the molecule is CCCCCCC(C)(C)c1cc(O)c(C2C=C(C)CCC2)c(OC)c1. The molecule has 0 fully saturated rings. The van der Waals surface area contributed by atoms with E-state index in [1.807, 2.05) is 6.07 Å². The molecular formula is C23H36O2. The second-order valence-electron chi connectivity index (χ2n) is 8.32. The number of benzene rings is 1. The zero-order valence-corrected chi connectivity index (χ0v) is 16.8. The predicted molar refractivity (Wildman–Crippen MR) is 107 cm³/mol. The Kier molecular flexibility index (Phi) is 6.98. The van der Waals surface area contributed by atoms with Crippen molar-refractivity contribution in [2.45, 2.75) is 90.4 Å². The largest absolute Gasteiger partial charge is 0.507 e. The van der Waals surface area contributed by atoms with E-state index in [4.69, 9.17) is 4.74 Å². The highest BCUT2D eigenvalue weighted by Crippen LogP contribution is 2.44. The Morgan fingerprint density at radius 3 is 2.60 bits per heavy atom. The van der Waals surface area contributed by atoms with Crippen molar-refractivity contribution >= 4 is 0 Å². The van der Waals surface area contributed by atoms with Crippen LogP contribution in [0.2, 0.25) is 0 Å². The van der Waals surface area contributed by atoms with Crippen molar-refractivity contribution in [1.82, 2.24) is 0 Å². The maximum atomic E-state index is 10.8. The molecule has 140 valence electrons. The lowest BCUT2D eigenvalue weighted by Gasteiger charge is -2.29. The number of hydrogen-bond donors (Lipinski definition) is 1. The molecule has 0 spiro atoms. The molecule has 0 radical (unpaired) electrons. The standard InChI is InChI=1S/C23H36O2/c1-6-7-8-9-13-23(3,4)19-15-20(24)22(21(16-19)25-5)18-12-10-11-17(2)14-18/h14-16,18,24H,6-13H2,1-5H3. The average Bonchev–Trinajstić information content (AvgIpc) is 2.58. The minimum absolute atomic E-state index is 0.0509. The minimum Gasteiger partial charge on any atom is -0.507 e. The monoisotopic (exact) mass is 344 g/mol. The molecule has 0 amide bonds. The third kappa shape index (κ3) is 5.03. The summed E-state index contributed by atoms with van der Waals surface area (Å²) in [5.74, 6) is 1.50. The van der Waals surface area contributed by atoms with Crippen molar-refractivity contribution in [1.29, 1.82) is 0 Å². The second kappa shape index (κ2) is 8.78. The van der Waals surface area contributed by atoms with Crippen LogP contribution in [0.3, 0.4) is 0 Å². The van der Waals surface area contributed by atoms with Crippen LogP contribution in [0.15, 0.2) is 23.8 Å². The normalized spacial score (nSPS) is 18.1. The maximum absolute atomic E-state index is 10.8. The van der Waals surface area contributed by atoms with Gasteiger partial charge in [0.2, 0.25) is 0 Å². The fourth-order valence-electron chi connectivity index (χ4n) is 4.02. The molecule has 1 unspecified atom stereocenters. The number of hydrogen-bond acceptors (Lipinski definition) is 2. The number of methoxy groups -OCH3 is 1. The van der Waals surface area contributed by atoms with Crippen LogP contribution in [0.5, 0.6) is 11.5 Å². The molecule has 0 bridgehead atoms. The molecule has 0 saturated carbocycles. The summed E-state index contributed by atoms with van der Waals surface area (Å²) in [5, 5.41) is 10.8. The molecule has 0 aromatic heterocycles. The van der Waals surface area contributed by atoms with E-state index in [2.05, 4.69) is 39.8 Å². The molecule has 2 rings (SSSR count). The number of ether oxygens (including phenoxy) is 1. The molecule has 1 aliphatic carbocycles. The third-order valence-corrected chi connectivity index (χ3v) is 5.72. The Hall–Kier alpha value is -1.44. The van der Waals surface area contributed by atoms with Gasteiger partial charge in [-0.25, -0.2) is 0 Å². The Morgan fingerprint density at radius 2 is 1.96 bits per heavy atom. The van der Waals surface area contributed by atoms with Gasteiger partial charge in [-0.15, -0.1) is 0 Å². The predicted octanol–water partition coefficient (Wildman–Crippen LogP) is 6.86. The fraction of sp³-hybridized carbons (Fsp3) is 0.652. The molecule has 2 nitrogen and oxygen atoms in total. The van der Waals surface area contributed by atoms with Gasteiger partial charge in [0.1, 0.15) is 11.5 Å². The first-order valence-electron chi connectivity index (χ1n) is 9.97. The zero-order chi connectivity index (χ0) is 18.4. The van der Waals surface area contributed by atoms with Crippen molar-refractivity contribution in [3.63, 3.8) is 0 Å². The van der Waals surface area contributed by atoms with E-state index in [1.165, 1.54) is 49.7 Å². The quantitative estimate of drug-likeness (QED) is 0.412. The zero-order valence-electron chi connectivity index (χ0n) is 16.8. The first-order chi connectivity index (χ1) is 11.9. The lowest BCUT2D eigenvalue weighted by molar-refractivity contribution is 0.386. The third-order valence-electron chi connectivity index (χ3n) is 5.72. The molecule has 1 aliphatic rings. The Labute approximate surface area is 154 Å². The molecule has 0 saturated heterocycles. The molecule has 25 heavy (non-hydrogen) atoms. The molecule has 2 heteroatoms. The maximum Gasteiger partial charge on any atom is 0.126 e. The molecule has 1 atom stereocenters. The fourth-order valence-corrected chi connectivity index (χ4v) is 4.02. The number of rotatable bonds is 8. The summed E-state index contributed by atoms with van der Waals surface area (Å²) >= 11 is 0. The van der Waals surface area contributed by atoms with E-state index in [1.54, 1.807) is 7.11 Å². The van der Waals surface area contributed by atoms with E-state index in [9.17, 15) is 5.11 Å². The van der Waals surface area contributed by atoms with Gasteiger partial charge in [-0.3, -0.25) is 0 Å². The van der Waals surface area contributed by atoms with Crippen molar-refractivity contribution in [2.24, 2.45) is 0 Å². The van der Waals surface area contributed by atoms with Gasteiger partial charge in [-0.2, -0.15) is 0 Å². The van der Waals surface area contributed by atoms with Gasteiger partial charge in [0.15, 0.2) is 0 Å². The number of allylic oxidation sites excluding steroid dienone is 2. The van der Waals surface area contributed by atoms with Crippen LogP contribution in [0.25, 0.3) is 0 Å². The van der Waals surface area contributed by atoms with Crippen LogP contribution >= 0.6 is 0 Å². The van der Waals surface area contributed by atoms with Crippen LogP contribution < -0.4 is 4.74 Å². The highest BCUT2D eigenvalue weighted by Gasteiger charge is 2.26. The van der Waals surface area contributed by atoms with Crippen LogP contribution in [-0.4, -0.2) is 12.2 Å². The first-order valence-corrected chi connectivity index (χ1v) is 9.97. The van der Waals surface area contributed by atoms with E-state index in [0.29, 0.717) is 5.75 Å². The van der Waals surface area contributed by atoms with Gasteiger partial charge >= 0.3 is 0 Å². The molecule has 1 N–H and O–H groups in total. The summed E-state index contributed by atoms with van der Waals surface area (Å²) in [6.07, 6.45) is 12.0. The number of phenolic OH excluding ortho intramolecular Hbond substituents is 1. The van der Waals surface area contributed by atoms with Gasteiger partial charge in [0.25, 0.3) is 0 Å². The van der Waals surface area contributed by atoms with Gasteiger partial charge < -0.3 is 9.84 Å². The first kappa shape index (κ1) is 19.9. The van der Waals surface area contributed by atoms with Crippen LogP contribution in [0.1, 0.15) is 96.1 Å². The van der Waals surface area contributed by atoms with Crippen LogP contribution in [-0.2, 0) is 5.41 Å². The molecule has 0 heterocycles. The van der Waals surface area contributed by atoms with Crippen molar-refractivity contribution in [3.8, 4) is 11.5 Å². The molecule has 1 aromatic rings. The second-order valence-corrected chi connectivity index (χ2v) is 8.32. The summed E-state index contributed by atoms with van der Waals surface area (Å²) in [6.45, 7) is 8.98. The Morgan fingerprint density at radius 1 is 1.20 bits per heavy atom. The Bertz CT molecular complexity index is 598. The number of aromatic hydroxyl groups is 1. The summed E-state index contributed by atoms with van der Waals surface area (Å²) < 4.78 is 5.70. The van der Waals surface area contributed by atoms with Gasteiger partial charge in [0.05, 0.1) is 7.11 Å². The topological polar surface area (TPSA) is 29.5 Å². The van der Waals surface area contributed by atoms with E-state index >= 15 is 0 Å². The molecule has 0 aliphatic heterocycles. The van der Waals surface area contributed by atoms with Crippen molar-refractivity contribution in [2.75, 3.05) is 7.11 Å². The summed E-state index contributed by atoms with van der Waals surface area (Å²) in [5.41, 5.74) is 3.61. The smallest absolute Gasteiger partial charge is 0.126 e. The van der Waals surface area contributed by atoms with Crippen molar-refractivity contribution < 1.29 is 9.84 Å². The van der Waals surface area contributed by atoms with E-state index in [-0.39, 0.29) is 11.3 Å². The molecule has 1 aromatic carbocycles. The summed E-state index contributed by atoms with van der Waals surface area (Å²) in [6, 6.07) is 4.14. The minimum atomic E-state index is 0.0509. The van der Waals surface area contributed by atoms with Gasteiger partial charge in [-0.1, -0.05) is 58.1 Å². The van der Waals surface area contributed by atoms with Gasteiger partial charge in [0, 0.05) is 11.5 Å². The molecular weight excluding hydrogens is 308 g/mol. The van der Waals surface area contributed by atoms with E-state index < -0.39 is 0 Å². The van der Waals surface area contributed by atoms with Crippen LogP contribution in [0.4, 0.5) is 0 Å². The average molecular weight is 345 g/mol.